The standard InChI is InChI=1S/C63H94O27/c1-11-26(2)52(78)90-50-49(89-53(79)31-13-12-20-80-31)58(4,5)21-29-28-14-15-34-60(8)18-17-36(59(6,7)33(60)16-19-61(34,9)62(28,10)22-35(66)63(29,50)25-82-55-43(73)40(70)37(67)27(3)83-55)85-57-48(88-56-44(74)41(71)39(69)32(23-64)84-56)46(45(75)47(87-57)51(76)77)86-54-42(72)38(68)30(65)24-81-54/h11-14,20,27,29-30,32-50,54-57,64-75H,15-19,21-25H2,1-10H3,(H,76,77)/b26-11-/t27-,29-,30+,32+,33-,34+,35+,36-,37-,38-,39-,40+,41-,42+,43+,44+,45-,46-,47-,48+,49-,50-,54-,55+,56-,57+,60-,61+,62+,63-/m0/s1. The number of allylic oxidation sites excluding steroid dienone is 3. The molecule has 27 nitrogen and oxygen atoms in total. The molecule has 5 heterocycles. The first-order chi connectivity index (χ1) is 42.1. The van der Waals surface area contributed by atoms with Gasteiger partial charge in [-0.3, -0.25) is 0 Å². The number of fused-ring (bicyclic) bond motifs is 7. The van der Waals surface area contributed by atoms with Crippen molar-refractivity contribution in [1.82, 2.24) is 0 Å². The number of aliphatic hydroxyl groups excluding tert-OH is 12. The van der Waals surface area contributed by atoms with Gasteiger partial charge in [-0.1, -0.05) is 66.2 Å². The molecule has 27 heteroatoms. The lowest BCUT2D eigenvalue weighted by molar-refractivity contribution is -0.392. The Bertz CT molecular complexity index is 2790. The molecule has 0 aromatic carbocycles. The molecule has 1 aromatic heterocycles. The number of carbonyl (C=O) groups excluding carboxylic acids is 2. The monoisotopic (exact) mass is 1280 g/mol. The third-order valence-corrected chi connectivity index (χ3v) is 23.2. The molecule has 30 atom stereocenters. The second kappa shape index (κ2) is 25.5. The second-order valence-electron chi connectivity index (χ2n) is 28.9. The lowest BCUT2D eigenvalue weighted by atomic mass is 9.33. The van der Waals surface area contributed by atoms with Crippen molar-refractivity contribution < 1.29 is 133 Å². The molecule has 1 aromatic rings. The van der Waals surface area contributed by atoms with Gasteiger partial charge in [0, 0.05) is 11.0 Å². The fourth-order valence-electron chi connectivity index (χ4n) is 17.7. The fraction of sp³-hybridized carbons (Fsp3) is 0.825. The summed E-state index contributed by atoms with van der Waals surface area (Å²) in [4.78, 5) is 41.4. The van der Waals surface area contributed by atoms with E-state index < -0.39 is 217 Å². The molecule has 13 N–H and O–H groups in total. The number of aliphatic carboxylic acids is 1. The molecule has 90 heavy (non-hydrogen) atoms. The first kappa shape index (κ1) is 69.2. The summed E-state index contributed by atoms with van der Waals surface area (Å²) >= 11 is 0. The Kier molecular flexibility index (Phi) is 19.6. The van der Waals surface area contributed by atoms with Crippen molar-refractivity contribution >= 4 is 17.9 Å². The number of carboxylic acids is 1. The maximum absolute atomic E-state index is 14.3. The van der Waals surface area contributed by atoms with Crippen LogP contribution in [-0.4, -0.2) is 245 Å². The van der Waals surface area contributed by atoms with Crippen molar-refractivity contribution in [2.75, 3.05) is 19.8 Å². The number of carboxylic acid groups (broad SMARTS) is 1. The van der Waals surface area contributed by atoms with Crippen LogP contribution < -0.4 is 0 Å². The highest BCUT2D eigenvalue weighted by Crippen LogP contribution is 2.76. The van der Waals surface area contributed by atoms with E-state index in [4.69, 9.17) is 51.8 Å². The van der Waals surface area contributed by atoms with Crippen LogP contribution in [0.2, 0.25) is 0 Å². The number of rotatable bonds is 15. The van der Waals surface area contributed by atoms with Gasteiger partial charge in [-0.25, -0.2) is 14.4 Å². The molecular formula is C63H94O27. The third-order valence-electron chi connectivity index (χ3n) is 23.2. The van der Waals surface area contributed by atoms with Crippen LogP contribution >= 0.6 is 0 Å². The Hall–Kier alpha value is -3.63. The first-order valence-electron chi connectivity index (χ1n) is 31.4. The Morgan fingerprint density at radius 2 is 1.37 bits per heavy atom. The molecule has 0 spiro atoms. The molecule has 0 unspecified atom stereocenters. The molecule has 5 aliphatic carbocycles. The number of esters is 2. The van der Waals surface area contributed by atoms with Gasteiger partial charge in [-0.05, 0) is 117 Å². The van der Waals surface area contributed by atoms with E-state index in [-0.39, 0.29) is 36.0 Å². The summed E-state index contributed by atoms with van der Waals surface area (Å²) in [5, 5.41) is 144. The molecule has 4 saturated heterocycles. The van der Waals surface area contributed by atoms with Crippen LogP contribution in [0.25, 0.3) is 0 Å². The molecule has 508 valence electrons. The van der Waals surface area contributed by atoms with Gasteiger partial charge in [0.15, 0.2) is 37.4 Å². The van der Waals surface area contributed by atoms with Crippen LogP contribution in [0.4, 0.5) is 0 Å². The van der Waals surface area contributed by atoms with Gasteiger partial charge in [0.05, 0.1) is 49.8 Å². The van der Waals surface area contributed by atoms with Gasteiger partial charge in [-0.2, -0.15) is 0 Å². The van der Waals surface area contributed by atoms with E-state index in [2.05, 4.69) is 26.8 Å². The number of carbonyl (C=O) groups is 3. The third kappa shape index (κ3) is 11.4. The average molecular weight is 1280 g/mol. The fourth-order valence-corrected chi connectivity index (χ4v) is 17.7. The Morgan fingerprint density at radius 3 is 2.02 bits per heavy atom. The molecule has 9 aliphatic rings. The highest BCUT2D eigenvalue weighted by atomic mass is 16.8. The number of furan rings is 1. The summed E-state index contributed by atoms with van der Waals surface area (Å²) in [6, 6.07) is 2.97. The van der Waals surface area contributed by atoms with Crippen molar-refractivity contribution in [2.24, 2.45) is 50.2 Å². The van der Waals surface area contributed by atoms with E-state index in [1.807, 2.05) is 27.7 Å². The van der Waals surface area contributed by atoms with E-state index in [1.165, 1.54) is 25.3 Å². The lowest BCUT2D eigenvalue weighted by Crippen LogP contribution is -2.73. The predicted octanol–water partition coefficient (Wildman–Crippen LogP) is 0.0843. The highest BCUT2D eigenvalue weighted by molar-refractivity contribution is 5.88. The van der Waals surface area contributed by atoms with E-state index in [0.29, 0.717) is 32.1 Å². The number of hydrogen-bond acceptors (Lipinski definition) is 26. The maximum Gasteiger partial charge on any atom is 0.374 e. The van der Waals surface area contributed by atoms with Crippen molar-refractivity contribution in [2.45, 2.75) is 255 Å². The molecule has 0 bridgehead atoms. The molecular weight excluding hydrogens is 1190 g/mol. The number of hydrogen-bond donors (Lipinski definition) is 13. The van der Waals surface area contributed by atoms with Crippen molar-refractivity contribution in [3.8, 4) is 0 Å². The van der Waals surface area contributed by atoms with Crippen LogP contribution in [0.5, 0.6) is 0 Å². The number of aliphatic hydroxyl groups is 12. The Balaban J connectivity index is 0.998. The van der Waals surface area contributed by atoms with Gasteiger partial charge in [-0.15, -0.1) is 0 Å². The van der Waals surface area contributed by atoms with E-state index in [0.717, 1.165) is 5.57 Å². The van der Waals surface area contributed by atoms with Gasteiger partial charge < -0.3 is 118 Å². The van der Waals surface area contributed by atoms with Gasteiger partial charge >= 0.3 is 17.9 Å². The first-order valence-corrected chi connectivity index (χ1v) is 31.4. The highest BCUT2D eigenvalue weighted by Gasteiger charge is 2.74. The summed E-state index contributed by atoms with van der Waals surface area (Å²) in [6.45, 7) is 17.5. The zero-order valence-corrected chi connectivity index (χ0v) is 52.5. The molecule has 8 fully saturated rings. The maximum atomic E-state index is 14.3. The van der Waals surface area contributed by atoms with Crippen molar-refractivity contribution in [1.29, 1.82) is 0 Å². The minimum absolute atomic E-state index is 0.0771. The predicted molar refractivity (Wildman–Crippen MR) is 305 cm³/mol. The van der Waals surface area contributed by atoms with Crippen molar-refractivity contribution in [3.05, 3.63) is 47.5 Å². The largest absolute Gasteiger partial charge is 0.479 e. The average Bonchev–Trinajstić information content (AvgIpc) is 0.675. The van der Waals surface area contributed by atoms with Crippen LogP contribution in [0.3, 0.4) is 0 Å². The minimum atomic E-state index is -2.14. The normalized spacial score (nSPS) is 49.2. The molecule has 4 saturated carbocycles. The lowest BCUT2D eigenvalue weighted by Gasteiger charge is -2.72. The molecule has 0 radical (unpaired) electrons. The van der Waals surface area contributed by atoms with E-state index in [1.54, 1.807) is 19.9 Å². The van der Waals surface area contributed by atoms with Gasteiger partial charge in [0.1, 0.15) is 85.5 Å². The molecule has 4 aliphatic heterocycles. The van der Waals surface area contributed by atoms with Crippen LogP contribution in [0.1, 0.15) is 125 Å². The van der Waals surface area contributed by atoms with Crippen LogP contribution in [-0.2, 0) is 57.0 Å². The van der Waals surface area contributed by atoms with Crippen LogP contribution in [0, 0.1) is 50.2 Å². The topological polar surface area (TPSA) is 420 Å². The Labute approximate surface area is 521 Å². The smallest absolute Gasteiger partial charge is 0.374 e. The zero-order valence-electron chi connectivity index (χ0n) is 52.5. The Morgan fingerprint density at radius 1 is 0.700 bits per heavy atom. The summed E-state index contributed by atoms with van der Waals surface area (Å²) in [5.74, 6) is -4.24. The van der Waals surface area contributed by atoms with Gasteiger partial charge in [0.25, 0.3) is 0 Å². The van der Waals surface area contributed by atoms with E-state index in [9.17, 15) is 80.8 Å². The van der Waals surface area contributed by atoms with Crippen molar-refractivity contribution in [3.63, 3.8) is 0 Å². The summed E-state index contributed by atoms with van der Waals surface area (Å²) in [6.07, 6.45) is -30.1. The van der Waals surface area contributed by atoms with E-state index >= 15 is 0 Å². The zero-order chi connectivity index (χ0) is 65.9. The van der Waals surface area contributed by atoms with Crippen LogP contribution in [0.15, 0.2) is 46.1 Å². The SMILES string of the molecule is C/C=C(/C)C(=O)O[C@H]1[C@H](OC(=O)c2ccco2)C(C)(C)C[C@H]2C3=CC[C@@H]4[C@@]5(C)CC[C@H](O[C@@H]6O[C@H](C(=O)O)[C@@H](O)[C@H](O[C@@H]7OC[C@@H](O)[C@H](O)[C@H]7O)[C@H]6O[C@@H]6O[C@H](CO)[C@H](O)[C@H](O)[C@H]6O)C(C)(C)[C@@H]5CC[C@@]4(C)[C@]3(C)C[C@@H](O)[C@]21CO[C@@H]1O[C@@H](C)[C@H](O)[C@@H](O)[C@H]1O. The summed E-state index contributed by atoms with van der Waals surface area (Å²) in [7, 11) is 0. The second-order valence-corrected chi connectivity index (χ2v) is 28.9. The van der Waals surface area contributed by atoms with Gasteiger partial charge in [0.2, 0.25) is 5.76 Å². The quantitative estimate of drug-likeness (QED) is 0.0479. The summed E-state index contributed by atoms with van der Waals surface area (Å²) < 4.78 is 67.6. The minimum Gasteiger partial charge on any atom is -0.479 e. The summed E-state index contributed by atoms with van der Waals surface area (Å²) in [5.41, 5.74) is -4.06. The molecule has 10 rings (SSSR count). The number of ether oxygens (including phenoxy) is 10. The molecule has 0 amide bonds.